The van der Waals surface area contributed by atoms with Crippen LogP contribution in [0.1, 0.15) is 24.5 Å². The van der Waals surface area contributed by atoms with Gasteiger partial charge in [0.15, 0.2) is 5.13 Å². The summed E-state index contributed by atoms with van der Waals surface area (Å²) in [5.41, 5.74) is 2.50. The van der Waals surface area contributed by atoms with Gasteiger partial charge in [-0.2, -0.15) is 0 Å². The van der Waals surface area contributed by atoms with Crippen LogP contribution in [0.4, 0.5) is 5.13 Å². The Morgan fingerprint density at radius 2 is 2.05 bits per heavy atom. The van der Waals surface area contributed by atoms with Crippen LogP contribution in [0.2, 0.25) is 0 Å². The number of rotatable bonds is 2. The number of nitrogens with one attached hydrogen (secondary N) is 1. The number of hydrogen-bond acceptors (Lipinski definition) is 3. The average molecular weight is 329 g/mol. The third-order valence-electron chi connectivity index (χ3n) is 3.81. The molecule has 1 atom stereocenters. The molecular formula is C14H14Cl2N2OS. The van der Waals surface area contributed by atoms with E-state index in [-0.39, 0.29) is 5.91 Å². The van der Waals surface area contributed by atoms with Crippen molar-refractivity contribution in [1.29, 1.82) is 0 Å². The van der Waals surface area contributed by atoms with E-state index in [1.54, 1.807) is 6.92 Å². The van der Waals surface area contributed by atoms with E-state index >= 15 is 0 Å². The third-order valence-corrected chi connectivity index (χ3v) is 5.83. The molecule has 1 aromatic heterocycles. The summed E-state index contributed by atoms with van der Waals surface area (Å²) in [5, 5.41) is 3.43. The fourth-order valence-corrected chi connectivity index (χ4v) is 4.05. The second kappa shape index (κ2) is 4.33. The van der Waals surface area contributed by atoms with Crippen molar-refractivity contribution in [2.45, 2.75) is 31.5 Å². The summed E-state index contributed by atoms with van der Waals surface area (Å²) in [6.07, 6.45) is 0.470. The average Bonchev–Trinajstić information content (AvgIpc) is 2.68. The van der Waals surface area contributed by atoms with Crippen molar-refractivity contribution in [2.75, 3.05) is 5.32 Å². The van der Waals surface area contributed by atoms with Crippen molar-refractivity contribution in [2.24, 2.45) is 5.41 Å². The van der Waals surface area contributed by atoms with Gasteiger partial charge in [0.2, 0.25) is 5.91 Å². The number of anilines is 1. The maximum atomic E-state index is 12.2. The Morgan fingerprint density at radius 1 is 1.40 bits per heavy atom. The molecule has 0 bridgehead atoms. The first-order chi connectivity index (χ1) is 9.23. The molecule has 1 aliphatic rings. The highest BCUT2D eigenvalue weighted by molar-refractivity contribution is 7.22. The van der Waals surface area contributed by atoms with Gasteiger partial charge >= 0.3 is 0 Å². The molecule has 1 N–H and O–H groups in total. The summed E-state index contributed by atoms with van der Waals surface area (Å²) < 4.78 is 0.113. The van der Waals surface area contributed by atoms with E-state index < -0.39 is 9.75 Å². The van der Waals surface area contributed by atoms with Gasteiger partial charge in [-0.15, -0.1) is 23.2 Å². The van der Waals surface area contributed by atoms with Crippen molar-refractivity contribution in [1.82, 2.24) is 4.98 Å². The van der Waals surface area contributed by atoms with E-state index in [1.165, 1.54) is 16.9 Å². The molecule has 1 saturated carbocycles. The van der Waals surface area contributed by atoms with Gasteiger partial charge in [0.1, 0.15) is 4.33 Å². The van der Waals surface area contributed by atoms with Crippen molar-refractivity contribution < 1.29 is 4.79 Å². The minimum Gasteiger partial charge on any atom is -0.301 e. The largest absolute Gasteiger partial charge is 0.301 e. The number of fused-ring (bicyclic) bond motifs is 1. The molecule has 0 saturated heterocycles. The number of thiazole rings is 1. The number of amides is 1. The zero-order chi connectivity index (χ0) is 14.7. The Labute approximate surface area is 131 Å². The predicted molar refractivity (Wildman–Crippen MR) is 84.9 cm³/mol. The molecule has 3 nitrogen and oxygen atoms in total. The molecule has 1 heterocycles. The minimum atomic E-state index is -0.958. The van der Waals surface area contributed by atoms with Crippen LogP contribution >= 0.6 is 34.5 Å². The Kier molecular flexibility index (Phi) is 3.05. The van der Waals surface area contributed by atoms with Crippen LogP contribution in [-0.2, 0) is 4.79 Å². The molecule has 20 heavy (non-hydrogen) atoms. The zero-order valence-electron chi connectivity index (χ0n) is 11.4. The molecule has 0 spiro atoms. The fraction of sp³-hybridized carbons (Fsp3) is 0.429. The lowest BCUT2D eigenvalue weighted by Gasteiger charge is -2.10. The van der Waals surface area contributed by atoms with Crippen LogP contribution in [0.5, 0.6) is 0 Å². The molecule has 6 heteroatoms. The van der Waals surface area contributed by atoms with E-state index in [4.69, 9.17) is 23.2 Å². The summed E-state index contributed by atoms with van der Waals surface area (Å²) in [5.74, 6) is -0.170. The van der Waals surface area contributed by atoms with E-state index in [0.29, 0.717) is 11.6 Å². The number of hydrogen-bond donors (Lipinski definition) is 1. The molecule has 1 unspecified atom stereocenters. The number of aromatic nitrogens is 1. The second-order valence-electron chi connectivity index (χ2n) is 5.62. The summed E-state index contributed by atoms with van der Waals surface area (Å²) in [6.45, 7) is 5.83. The lowest BCUT2D eigenvalue weighted by molar-refractivity contribution is -0.120. The fourth-order valence-electron chi connectivity index (χ4n) is 2.31. The SMILES string of the molecule is Cc1cc(C)c2nc(NC(=O)C3(C)CC3(Cl)Cl)sc2c1. The standard InChI is InChI=1S/C14H14Cl2N2OS/c1-7-4-8(2)10-9(5-7)20-12(17-10)18-11(19)13(3)6-14(13,15)16/h4-5H,6H2,1-3H3,(H,17,18,19). The van der Waals surface area contributed by atoms with E-state index in [9.17, 15) is 4.79 Å². The van der Waals surface area contributed by atoms with Crippen LogP contribution < -0.4 is 5.32 Å². The van der Waals surface area contributed by atoms with Gasteiger partial charge in [-0.3, -0.25) is 4.79 Å². The highest BCUT2D eigenvalue weighted by Crippen LogP contribution is 2.64. The van der Waals surface area contributed by atoms with Gasteiger partial charge in [0.05, 0.1) is 15.6 Å². The topological polar surface area (TPSA) is 42.0 Å². The van der Waals surface area contributed by atoms with Crippen molar-refractivity contribution in [3.05, 3.63) is 23.3 Å². The molecule has 106 valence electrons. The second-order valence-corrected chi connectivity index (χ2v) is 8.13. The highest BCUT2D eigenvalue weighted by atomic mass is 35.5. The van der Waals surface area contributed by atoms with Crippen LogP contribution in [-0.4, -0.2) is 15.2 Å². The number of nitrogens with zero attached hydrogens (tertiary/aromatic N) is 1. The lowest BCUT2D eigenvalue weighted by Crippen LogP contribution is -2.25. The molecule has 1 fully saturated rings. The first-order valence-corrected chi connectivity index (χ1v) is 7.87. The molecule has 3 rings (SSSR count). The first-order valence-electron chi connectivity index (χ1n) is 6.30. The summed E-state index contributed by atoms with van der Waals surface area (Å²) >= 11 is 13.5. The molecule has 0 radical (unpaired) electrons. The van der Waals surface area contributed by atoms with Gasteiger partial charge in [-0.25, -0.2) is 4.98 Å². The van der Waals surface area contributed by atoms with E-state index in [0.717, 1.165) is 15.8 Å². The Hall–Kier alpha value is -0.840. The number of carbonyl (C=O) groups excluding carboxylic acids is 1. The van der Waals surface area contributed by atoms with E-state index in [2.05, 4.69) is 22.4 Å². The summed E-state index contributed by atoms with van der Waals surface area (Å²) in [4.78, 5) is 16.7. The van der Waals surface area contributed by atoms with Crippen molar-refractivity contribution in [3.63, 3.8) is 0 Å². The van der Waals surface area contributed by atoms with Crippen LogP contribution in [0.25, 0.3) is 10.2 Å². The van der Waals surface area contributed by atoms with Gasteiger partial charge in [-0.05, 0) is 44.4 Å². The van der Waals surface area contributed by atoms with Crippen LogP contribution in [0, 0.1) is 19.3 Å². The van der Waals surface area contributed by atoms with Crippen molar-refractivity contribution in [3.8, 4) is 0 Å². The van der Waals surface area contributed by atoms with E-state index in [1.807, 2.05) is 13.8 Å². The molecule has 1 amide bonds. The number of aryl methyl sites for hydroxylation is 2. The van der Waals surface area contributed by atoms with Gasteiger partial charge in [0.25, 0.3) is 0 Å². The Morgan fingerprint density at radius 3 is 2.65 bits per heavy atom. The normalized spacial score (nSPS) is 23.9. The van der Waals surface area contributed by atoms with Crippen molar-refractivity contribution >= 4 is 55.8 Å². The van der Waals surface area contributed by atoms with Crippen LogP contribution in [0.15, 0.2) is 12.1 Å². The monoisotopic (exact) mass is 328 g/mol. The van der Waals surface area contributed by atoms with Gasteiger partial charge in [0, 0.05) is 0 Å². The van der Waals surface area contributed by atoms with Crippen LogP contribution in [0.3, 0.4) is 0 Å². The predicted octanol–water partition coefficient (Wildman–Crippen LogP) is 4.44. The smallest absolute Gasteiger partial charge is 0.235 e. The number of benzene rings is 1. The quantitative estimate of drug-likeness (QED) is 0.828. The molecule has 1 aromatic carbocycles. The Balaban J connectivity index is 1.89. The number of halogens is 2. The zero-order valence-corrected chi connectivity index (χ0v) is 13.7. The number of carbonyl (C=O) groups is 1. The number of alkyl halides is 2. The molecular weight excluding hydrogens is 315 g/mol. The maximum Gasteiger partial charge on any atom is 0.235 e. The first kappa shape index (κ1) is 14.1. The van der Waals surface area contributed by atoms with Gasteiger partial charge in [-0.1, -0.05) is 17.4 Å². The molecule has 0 aliphatic heterocycles. The Bertz CT molecular complexity index is 725. The van der Waals surface area contributed by atoms with Gasteiger partial charge < -0.3 is 5.32 Å². The molecule has 1 aliphatic carbocycles. The highest BCUT2D eigenvalue weighted by Gasteiger charge is 2.68. The summed E-state index contributed by atoms with van der Waals surface area (Å²) in [7, 11) is 0. The minimum absolute atomic E-state index is 0.170. The molecule has 2 aromatic rings. The maximum absolute atomic E-state index is 12.2. The third kappa shape index (κ3) is 2.10. The lowest BCUT2D eigenvalue weighted by atomic mass is 10.1. The summed E-state index contributed by atoms with van der Waals surface area (Å²) in [6, 6.07) is 4.15.